The number of nitrogens with one attached hydrogen (secondary N) is 1. The van der Waals surface area contributed by atoms with Crippen LogP contribution in [0.5, 0.6) is 0 Å². The van der Waals surface area contributed by atoms with Crippen LogP contribution in [0.4, 0.5) is 11.8 Å². The maximum atomic E-state index is 4.75. The van der Waals surface area contributed by atoms with Crippen molar-refractivity contribution in [3.8, 4) is 0 Å². The van der Waals surface area contributed by atoms with E-state index in [0.29, 0.717) is 0 Å². The molecule has 0 unspecified atom stereocenters. The minimum absolute atomic E-state index is 0.757. The van der Waals surface area contributed by atoms with E-state index >= 15 is 0 Å². The van der Waals surface area contributed by atoms with Crippen molar-refractivity contribution in [1.82, 2.24) is 9.97 Å². The summed E-state index contributed by atoms with van der Waals surface area (Å²) in [6, 6.07) is 2.25. The van der Waals surface area contributed by atoms with Gasteiger partial charge in [-0.25, -0.2) is 4.98 Å². The van der Waals surface area contributed by atoms with Gasteiger partial charge in [0.05, 0.1) is 5.39 Å². The topological polar surface area (TPSA) is 41.1 Å². The van der Waals surface area contributed by atoms with Gasteiger partial charge in [-0.15, -0.1) is 11.3 Å². The number of anilines is 2. The Kier molecular flexibility index (Phi) is 5.79. The van der Waals surface area contributed by atoms with Crippen molar-refractivity contribution in [1.29, 1.82) is 0 Å². The third-order valence-corrected chi connectivity index (χ3v) is 4.69. The Morgan fingerprint density at radius 2 is 2.00 bits per heavy atom. The molecule has 116 valence electrons. The first-order chi connectivity index (χ1) is 10.2. The lowest BCUT2D eigenvalue weighted by Gasteiger charge is -2.19. The summed E-state index contributed by atoms with van der Waals surface area (Å²) in [5, 5.41) is 4.52. The van der Waals surface area contributed by atoms with Gasteiger partial charge < -0.3 is 10.2 Å². The molecule has 2 rings (SSSR count). The van der Waals surface area contributed by atoms with Crippen LogP contribution in [0.2, 0.25) is 0 Å². The lowest BCUT2D eigenvalue weighted by molar-refractivity contribution is 0.761. The molecule has 0 fully saturated rings. The van der Waals surface area contributed by atoms with Crippen LogP contribution < -0.4 is 10.2 Å². The van der Waals surface area contributed by atoms with Crippen molar-refractivity contribution in [2.24, 2.45) is 0 Å². The summed E-state index contributed by atoms with van der Waals surface area (Å²) in [5.74, 6) is 1.82. The van der Waals surface area contributed by atoms with Crippen LogP contribution in [-0.4, -0.2) is 30.1 Å². The molecule has 0 saturated heterocycles. The first-order valence-electron chi connectivity index (χ1n) is 7.95. The molecule has 0 atom stereocenters. The summed E-state index contributed by atoms with van der Waals surface area (Å²) in [4.78, 5) is 14.2. The van der Waals surface area contributed by atoms with E-state index in [1.54, 1.807) is 11.3 Å². The van der Waals surface area contributed by atoms with Gasteiger partial charge >= 0.3 is 0 Å². The molecule has 1 N–H and O–H groups in total. The number of nitrogens with zero attached hydrogens (tertiary/aromatic N) is 3. The molecule has 4 nitrogen and oxygen atoms in total. The Hall–Kier alpha value is -1.36. The number of fused-ring (bicyclic) bond motifs is 1. The Morgan fingerprint density at radius 3 is 2.67 bits per heavy atom. The Bertz CT molecular complexity index is 579. The van der Waals surface area contributed by atoms with Gasteiger partial charge in [0.2, 0.25) is 5.95 Å². The van der Waals surface area contributed by atoms with E-state index in [2.05, 4.69) is 49.1 Å². The number of aryl methyl sites for hydroxylation is 1. The van der Waals surface area contributed by atoms with Crippen molar-refractivity contribution >= 4 is 33.3 Å². The summed E-state index contributed by atoms with van der Waals surface area (Å²) in [6.45, 7) is 8.51. The average molecular weight is 306 g/mol. The maximum absolute atomic E-state index is 4.75. The SMILES string of the molecule is CCCCN(C)c1nc(NCCC)nc2sc(CC)cc12. The second-order valence-electron chi connectivity index (χ2n) is 5.36. The summed E-state index contributed by atoms with van der Waals surface area (Å²) in [5.41, 5.74) is 0. The highest BCUT2D eigenvalue weighted by Gasteiger charge is 2.14. The molecule has 0 aliphatic rings. The molecular weight excluding hydrogens is 280 g/mol. The third-order valence-electron chi connectivity index (χ3n) is 3.51. The molecule has 0 aliphatic heterocycles. The molecule has 0 radical (unpaired) electrons. The number of hydrogen-bond acceptors (Lipinski definition) is 5. The maximum Gasteiger partial charge on any atom is 0.226 e. The highest BCUT2D eigenvalue weighted by molar-refractivity contribution is 7.18. The van der Waals surface area contributed by atoms with Gasteiger partial charge in [0.1, 0.15) is 10.6 Å². The van der Waals surface area contributed by atoms with Crippen LogP contribution in [0.25, 0.3) is 10.2 Å². The van der Waals surface area contributed by atoms with Gasteiger partial charge in [-0.05, 0) is 25.3 Å². The zero-order valence-electron chi connectivity index (χ0n) is 13.6. The highest BCUT2D eigenvalue weighted by atomic mass is 32.1. The van der Waals surface area contributed by atoms with Crippen LogP contribution in [0.15, 0.2) is 6.07 Å². The van der Waals surface area contributed by atoms with E-state index in [9.17, 15) is 0 Å². The summed E-state index contributed by atoms with van der Waals surface area (Å²) in [7, 11) is 2.13. The zero-order valence-corrected chi connectivity index (χ0v) is 14.4. The van der Waals surface area contributed by atoms with Crippen LogP contribution in [0, 0.1) is 0 Å². The lowest BCUT2D eigenvalue weighted by atomic mass is 10.2. The van der Waals surface area contributed by atoms with E-state index < -0.39 is 0 Å². The van der Waals surface area contributed by atoms with E-state index in [1.165, 1.54) is 23.1 Å². The van der Waals surface area contributed by atoms with Gasteiger partial charge in [0.15, 0.2) is 0 Å². The van der Waals surface area contributed by atoms with Gasteiger partial charge in [-0.1, -0.05) is 27.2 Å². The van der Waals surface area contributed by atoms with Crippen molar-refractivity contribution < 1.29 is 0 Å². The van der Waals surface area contributed by atoms with Gasteiger partial charge in [-0.2, -0.15) is 4.98 Å². The fourth-order valence-corrected chi connectivity index (χ4v) is 3.20. The second kappa shape index (κ2) is 7.59. The van der Waals surface area contributed by atoms with Gasteiger partial charge in [-0.3, -0.25) is 0 Å². The smallest absolute Gasteiger partial charge is 0.226 e. The molecule has 2 aromatic heterocycles. The standard InChI is InChI=1S/C16H26N4S/c1-5-8-10-20(4)14-13-11-12(7-3)21-15(13)19-16(18-14)17-9-6-2/h11H,5-10H2,1-4H3,(H,17,18,19). The molecule has 2 aromatic rings. The van der Waals surface area contributed by atoms with E-state index in [1.807, 2.05) is 0 Å². The quantitative estimate of drug-likeness (QED) is 0.789. The van der Waals surface area contributed by atoms with Crippen LogP contribution in [0.3, 0.4) is 0 Å². The molecule has 0 saturated carbocycles. The normalized spacial score (nSPS) is 11.0. The Morgan fingerprint density at radius 1 is 1.19 bits per heavy atom. The predicted molar refractivity (Wildman–Crippen MR) is 93.8 cm³/mol. The minimum atomic E-state index is 0.757. The molecule has 21 heavy (non-hydrogen) atoms. The Labute approximate surface area is 131 Å². The first kappa shape index (κ1) is 16.0. The van der Waals surface area contributed by atoms with Gasteiger partial charge in [0.25, 0.3) is 0 Å². The monoisotopic (exact) mass is 306 g/mol. The molecule has 0 aliphatic carbocycles. The van der Waals surface area contributed by atoms with Crippen molar-refractivity contribution in [3.63, 3.8) is 0 Å². The molecule has 0 aromatic carbocycles. The van der Waals surface area contributed by atoms with Crippen LogP contribution >= 0.6 is 11.3 Å². The second-order valence-corrected chi connectivity index (χ2v) is 6.47. The fraction of sp³-hybridized carbons (Fsp3) is 0.625. The van der Waals surface area contributed by atoms with Crippen LogP contribution in [-0.2, 0) is 6.42 Å². The fourth-order valence-electron chi connectivity index (χ4n) is 2.24. The van der Waals surface area contributed by atoms with Crippen molar-refractivity contribution in [3.05, 3.63) is 10.9 Å². The number of unbranched alkanes of at least 4 members (excludes halogenated alkanes) is 1. The molecule has 0 bridgehead atoms. The first-order valence-corrected chi connectivity index (χ1v) is 8.76. The molecule has 0 spiro atoms. The number of rotatable bonds is 8. The molecular formula is C16H26N4S. The van der Waals surface area contributed by atoms with E-state index in [4.69, 9.17) is 4.98 Å². The summed E-state index contributed by atoms with van der Waals surface area (Å²) >= 11 is 1.78. The Balaban J connectivity index is 2.40. The third kappa shape index (κ3) is 3.84. The lowest BCUT2D eigenvalue weighted by Crippen LogP contribution is -2.20. The summed E-state index contributed by atoms with van der Waals surface area (Å²) in [6.07, 6.45) is 4.51. The average Bonchev–Trinajstić information content (AvgIpc) is 2.92. The predicted octanol–water partition coefficient (Wildman–Crippen LogP) is 4.31. The largest absolute Gasteiger partial charge is 0.359 e. The van der Waals surface area contributed by atoms with Crippen LogP contribution in [0.1, 0.15) is 44.9 Å². The van der Waals surface area contributed by atoms with E-state index in [-0.39, 0.29) is 0 Å². The van der Waals surface area contributed by atoms with Crippen molar-refractivity contribution in [2.75, 3.05) is 30.4 Å². The summed E-state index contributed by atoms with van der Waals surface area (Å²) < 4.78 is 0. The number of aromatic nitrogens is 2. The molecule has 0 amide bonds. The number of thiophene rings is 1. The molecule has 2 heterocycles. The minimum Gasteiger partial charge on any atom is -0.359 e. The number of hydrogen-bond donors (Lipinski definition) is 1. The van der Waals surface area contributed by atoms with E-state index in [0.717, 1.165) is 42.5 Å². The van der Waals surface area contributed by atoms with Gasteiger partial charge in [0, 0.05) is 25.0 Å². The molecule has 5 heteroatoms. The van der Waals surface area contributed by atoms with Crippen molar-refractivity contribution in [2.45, 2.75) is 46.5 Å². The highest BCUT2D eigenvalue weighted by Crippen LogP contribution is 2.32. The zero-order chi connectivity index (χ0) is 15.2.